The van der Waals surface area contributed by atoms with Crippen molar-refractivity contribution in [2.24, 2.45) is 5.73 Å². The molecule has 0 saturated heterocycles. The van der Waals surface area contributed by atoms with Gasteiger partial charge in [0.1, 0.15) is 18.1 Å². The van der Waals surface area contributed by atoms with Crippen LogP contribution in [0.3, 0.4) is 0 Å². The molecule has 0 amide bonds. The number of fused-ring (bicyclic) bond motifs is 1. The highest BCUT2D eigenvalue weighted by molar-refractivity contribution is 5.90. The first-order valence-electron chi connectivity index (χ1n) is 12.9. The zero-order valence-corrected chi connectivity index (χ0v) is 22.2. The number of anilines is 2. The summed E-state index contributed by atoms with van der Waals surface area (Å²) in [7, 11) is 0. The van der Waals surface area contributed by atoms with Gasteiger partial charge in [0, 0.05) is 34.9 Å². The van der Waals surface area contributed by atoms with Crippen molar-refractivity contribution in [3.8, 4) is 11.5 Å². The molecule has 0 aliphatic carbocycles. The Morgan fingerprint density at radius 1 is 1.03 bits per heavy atom. The molecule has 0 radical (unpaired) electrons. The average Bonchev–Trinajstić information content (AvgIpc) is 2.91. The maximum Gasteiger partial charge on any atom is 0.248 e. The number of aliphatic hydroxyl groups excluding tert-OH is 2. The number of pyridine rings is 1. The standard InChI is InChI=1S/C30H36N4O5/c1-30(2,31)18-39-23-9-7-22(8-10-23)33-21-5-3-19(4-6-21)13-14-32-16-26(37)24-11-12-25(36)29-28(24)20(17-35)15-27(38)34-29/h3-12,15,26,32-33,35-37H,13-14,16-18,31H2,1-2H3,(H,34,38)/t26-/m0/s1. The number of H-pyrrole nitrogens is 1. The lowest BCUT2D eigenvalue weighted by molar-refractivity contribution is 0.176. The number of phenolic OH excluding ortho intramolecular Hbond substituents is 1. The molecule has 0 aliphatic rings. The normalized spacial score (nSPS) is 12.4. The molecule has 0 aliphatic heterocycles. The summed E-state index contributed by atoms with van der Waals surface area (Å²) < 4.78 is 5.71. The van der Waals surface area contributed by atoms with Crippen LogP contribution in [0.5, 0.6) is 11.5 Å². The highest BCUT2D eigenvalue weighted by Crippen LogP contribution is 2.31. The van der Waals surface area contributed by atoms with E-state index >= 15 is 0 Å². The first-order chi connectivity index (χ1) is 18.6. The summed E-state index contributed by atoms with van der Waals surface area (Å²) in [4.78, 5) is 14.4. The number of aliphatic hydroxyl groups is 2. The summed E-state index contributed by atoms with van der Waals surface area (Å²) in [5.41, 5.74) is 9.29. The van der Waals surface area contributed by atoms with Gasteiger partial charge in [0.05, 0.1) is 18.2 Å². The SMILES string of the molecule is CC(C)(N)COc1ccc(Nc2ccc(CCNC[C@H](O)c3ccc(O)c4[nH]c(=O)cc(CO)c34)cc2)cc1. The predicted molar refractivity (Wildman–Crippen MR) is 154 cm³/mol. The molecule has 0 saturated carbocycles. The van der Waals surface area contributed by atoms with Crippen molar-refractivity contribution in [2.45, 2.75) is 38.5 Å². The zero-order chi connectivity index (χ0) is 28.0. The first kappa shape index (κ1) is 28.1. The van der Waals surface area contributed by atoms with Crippen LogP contribution in [-0.4, -0.2) is 45.5 Å². The van der Waals surface area contributed by atoms with E-state index < -0.39 is 11.7 Å². The molecule has 1 atom stereocenters. The van der Waals surface area contributed by atoms with Gasteiger partial charge in [-0.25, -0.2) is 0 Å². The lowest BCUT2D eigenvalue weighted by Gasteiger charge is -2.19. The van der Waals surface area contributed by atoms with Crippen LogP contribution in [0.15, 0.2) is 71.5 Å². The smallest absolute Gasteiger partial charge is 0.248 e. The second kappa shape index (κ2) is 12.3. The lowest BCUT2D eigenvalue weighted by atomic mass is 9.98. The molecule has 0 fully saturated rings. The molecule has 206 valence electrons. The molecule has 1 heterocycles. The third-order valence-corrected chi connectivity index (χ3v) is 6.26. The minimum absolute atomic E-state index is 0.114. The minimum atomic E-state index is -0.894. The van der Waals surface area contributed by atoms with Crippen molar-refractivity contribution in [1.29, 1.82) is 0 Å². The van der Waals surface area contributed by atoms with Crippen molar-refractivity contribution in [1.82, 2.24) is 10.3 Å². The molecule has 3 aromatic carbocycles. The summed E-state index contributed by atoms with van der Waals surface area (Å²) >= 11 is 0. The summed E-state index contributed by atoms with van der Waals surface area (Å²) in [6.07, 6.45) is -0.128. The van der Waals surface area contributed by atoms with E-state index in [0.29, 0.717) is 29.7 Å². The van der Waals surface area contributed by atoms with E-state index in [2.05, 4.69) is 27.8 Å². The van der Waals surface area contributed by atoms with Crippen molar-refractivity contribution >= 4 is 22.3 Å². The highest BCUT2D eigenvalue weighted by atomic mass is 16.5. The monoisotopic (exact) mass is 532 g/mol. The molecule has 4 rings (SSSR count). The van der Waals surface area contributed by atoms with Gasteiger partial charge >= 0.3 is 0 Å². The summed E-state index contributed by atoms with van der Waals surface area (Å²) in [6.45, 7) is 4.82. The van der Waals surface area contributed by atoms with Gasteiger partial charge in [-0.05, 0) is 86.0 Å². The number of hydrogen-bond donors (Lipinski definition) is 7. The van der Waals surface area contributed by atoms with E-state index in [1.165, 1.54) is 12.1 Å². The van der Waals surface area contributed by atoms with Crippen LogP contribution in [0.25, 0.3) is 10.9 Å². The minimum Gasteiger partial charge on any atom is -0.506 e. The fourth-order valence-corrected chi connectivity index (χ4v) is 4.28. The topological polar surface area (TPSA) is 153 Å². The van der Waals surface area contributed by atoms with Crippen LogP contribution in [0, 0.1) is 0 Å². The Morgan fingerprint density at radius 3 is 2.33 bits per heavy atom. The van der Waals surface area contributed by atoms with Crippen LogP contribution < -0.4 is 26.7 Å². The van der Waals surface area contributed by atoms with Gasteiger partial charge in [0.2, 0.25) is 5.56 Å². The highest BCUT2D eigenvalue weighted by Gasteiger charge is 2.17. The number of aromatic hydroxyl groups is 1. The Kier molecular flexibility index (Phi) is 8.88. The number of ether oxygens (including phenoxy) is 1. The number of phenols is 1. The van der Waals surface area contributed by atoms with Gasteiger partial charge in [-0.3, -0.25) is 4.79 Å². The van der Waals surface area contributed by atoms with E-state index in [4.69, 9.17) is 10.5 Å². The Balaban J connectivity index is 1.28. The van der Waals surface area contributed by atoms with E-state index in [9.17, 15) is 20.1 Å². The molecule has 0 unspecified atom stereocenters. The molecule has 0 spiro atoms. The van der Waals surface area contributed by atoms with Crippen molar-refractivity contribution in [2.75, 3.05) is 25.0 Å². The number of rotatable bonds is 12. The molecular formula is C30H36N4O5. The van der Waals surface area contributed by atoms with E-state index in [1.54, 1.807) is 6.07 Å². The number of aromatic nitrogens is 1. The summed E-state index contributed by atoms with van der Waals surface area (Å²) in [5, 5.41) is 37.8. The Hall–Kier alpha value is -3.89. The molecule has 39 heavy (non-hydrogen) atoms. The van der Waals surface area contributed by atoms with Crippen LogP contribution in [0.1, 0.15) is 36.6 Å². The number of benzene rings is 3. The van der Waals surface area contributed by atoms with E-state index in [1.807, 2.05) is 50.2 Å². The van der Waals surface area contributed by atoms with Gasteiger partial charge in [-0.2, -0.15) is 0 Å². The van der Waals surface area contributed by atoms with Gasteiger partial charge in [-0.15, -0.1) is 0 Å². The summed E-state index contributed by atoms with van der Waals surface area (Å²) in [5.74, 6) is 0.659. The van der Waals surface area contributed by atoms with Crippen LogP contribution in [-0.2, 0) is 13.0 Å². The van der Waals surface area contributed by atoms with Crippen LogP contribution in [0.2, 0.25) is 0 Å². The van der Waals surface area contributed by atoms with Crippen LogP contribution in [0.4, 0.5) is 11.4 Å². The van der Waals surface area contributed by atoms with Crippen molar-refractivity contribution in [3.63, 3.8) is 0 Å². The first-order valence-corrected chi connectivity index (χ1v) is 12.9. The zero-order valence-electron chi connectivity index (χ0n) is 22.2. The van der Waals surface area contributed by atoms with E-state index in [-0.39, 0.29) is 30.0 Å². The molecule has 0 bridgehead atoms. The quantitative estimate of drug-likeness (QED) is 0.137. The second-order valence-electron chi connectivity index (χ2n) is 10.3. The largest absolute Gasteiger partial charge is 0.506 e. The van der Waals surface area contributed by atoms with Crippen molar-refractivity contribution in [3.05, 3.63) is 93.8 Å². The van der Waals surface area contributed by atoms with Gasteiger partial charge < -0.3 is 41.4 Å². The third-order valence-electron chi connectivity index (χ3n) is 6.26. The predicted octanol–water partition coefficient (Wildman–Crippen LogP) is 3.45. The Bertz CT molecular complexity index is 1440. The average molecular weight is 533 g/mol. The molecule has 1 aromatic heterocycles. The Labute approximate surface area is 227 Å². The molecule has 4 aromatic rings. The number of hydrogen-bond acceptors (Lipinski definition) is 8. The summed E-state index contributed by atoms with van der Waals surface area (Å²) in [6, 6.07) is 20.2. The third kappa shape index (κ3) is 7.58. The number of nitrogens with one attached hydrogen (secondary N) is 3. The van der Waals surface area contributed by atoms with Gasteiger partial charge in [0.15, 0.2) is 0 Å². The molecular weight excluding hydrogens is 496 g/mol. The van der Waals surface area contributed by atoms with Crippen LogP contribution >= 0.6 is 0 Å². The lowest BCUT2D eigenvalue weighted by Crippen LogP contribution is -2.38. The fraction of sp³-hybridized carbons (Fsp3) is 0.300. The van der Waals surface area contributed by atoms with Crippen molar-refractivity contribution < 1.29 is 20.1 Å². The van der Waals surface area contributed by atoms with E-state index in [0.717, 1.165) is 29.1 Å². The van der Waals surface area contributed by atoms with Gasteiger partial charge in [-0.1, -0.05) is 18.2 Å². The maximum atomic E-state index is 11.9. The fourth-order valence-electron chi connectivity index (χ4n) is 4.28. The second-order valence-corrected chi connectivity index (χ2v) is 10.3. The number of aromatic amines is 1. The molecule has 9 heteroatoms. The Morgan fingerprint density at radius 2 is 1.69 bits per heavy atom. The van der Waals surface area contributed by atoms with Gasteiger partial charge in [0.25, 0.3) is 0 Å². The number of nitrogens with two attached hydrogens (primary N) is 1. The molecule has 8 N–H and O–H groups in total. The maximum absolute atomic E-state index is 11.9. The molecule has 9 nitrogen and oxygen atoms in total.